The van der Waals surface area contributed by atoms with Crippen LogP contribution in [0.5, 0.6) is 0 Å². The van der Waals surface area contributed by atoms with Gasteiger partial charge in [0.15, 0.2) is 5.96 Å². The second-order valence-electron chi connectivity index (χ2n) is 8.50. The molecule has 3 heterocycles. The van der Waals surface area contributed by atoms with E-state index in [2.05, 4.69) is 50.7 Å². The highest BCUT2D eigenvalue weighted by atomic mass is 127. The van der Waals surface area contributed by atoms with Crippen molar-refractivity contribution in [1.82, 2.24) is 20.1 Å². The maximum atomic E-state index is 5.74. The fraction of sp³-hybridized carbons (Fsp3) is 0.810. The number of nitrogens with one attached hydrogen (secondary N) is 1. The number of oxazole rings is 1. The Kier molecular flexibility index (Phi) is 10.1. The lowest BCUT2D eigenvalue weighted by atomic mass is 9.97. The molecular weight excluding hydrogens is 497 g/mol. The summed E-state index contributed by atoms with van der Waals surface area (Å²) in [5.74, 6) is 5.50. The monoisotopic (exact) mass is 535 g/mol. The molecule has 1 aromatic heterocycles. The summed E-state index contributed by atoms with van der Waals surface area (Å²) in [5, 5.41) is 4.37. The predicted octanol–water partition coefficient (Wildman–Crippen LogP) is 3.77. The summed E-state index contributed by atoms with van der Waals surface area (Å²) in [6, 6.07) is 0. The molecule has 0 spiro atoms. The van der Waals surface area contributed by atoms with Crippen LogP contribution in [0.4, 0.5) is 0 Å². The Morgan fingerprint density at radius 2 is 2.00 bits per heavy atom. The van der Waals surface area contributed by atoms with Gasteiger partial charge in [-0.15, -0.1) is 24.0 Å². The molecule has 29 heavy (non-hydrogen) atoms. The molecule has 1 unspecified atom stereocenters. The summed E-state index contributed by atoms with van der Waals surface area (Å²) >= 11 is 2.11. The van der Waals surface area contributed by atoms with Crippen molar-refractivity contribution in [2.24, 2.45) is 16.8 Å². The molecule has 6 nitrogen and oxygen atoms in total. The maximum absolute atomic E-state index is 5.74. The van der Waals surface area contributed by atoms with Crippen LogP contribution < -0.4 is 5.32 Å². The van der Waals surface area contributed by atoms with Crippen molar-refractivity contribution in [1.29, 1.82) is 0 Å². The molecule has 2 aliphatic rings. The lowest BCUT2D eigenvalue weighted by molar-refractivity contribution is 0.163. The van der Waals surface area contributed by atoms with Gasteiger partial charge >= 0.3 is 0 Å². The average molecular weight is 536 g/mol. The highest BCUT2D eigenvalue weighted by Gasteiger charge is 2.26. The van der Waals surface area contributed by atoms with Crippen LogP contribution in [0.1, 0.15) is 44.0 Å². The van der Waals surface area contributed by atoms with Gasteiger partial charge in [-0.1, -0.05) is 13.8 Å². The number of hydrogen-bond donors (Lipinski definition) is 1. The summed E-state index contributed by atoms with van der Waals surface area (Å²) in [6.07, 6.45) is 2.43. The number of nitrogens with zero attached hydrogens (tertiary/aromatic N) is 4. The van der Waals surface area contributed by atoms with Gasteiger partial charge in [-0.3, -0.25) is 9.89 Å². The Labute approximate surface area is 197 Å². The Morgan fingerprint density at radius 3 is 2.59 bits per heavy atom. The fourth-order valence-corrected chi connectivity index (χ4v) is 5.28. The van der Waals surface area contributed by atoms with Crippen molar-refractivity contribution in [3.63, 3.8) is 0 Å². The first kappa shape index (κ1) is 24.8. The smallest absolute Gasteiger partial charge is 0.208 e. The minimum Gasteiger partial charge on any atom is -0.444 e. The molecule has 0 saturated carbocycles. The number of halogens is 1. The average Bonchev–Trinajstić information content (AvgIpc) is 3.01. The number of aryl methyl sites for hydroxylation is 2. The van der Waals surface area contributed by atoms with E-state index >= 15 is 0 Å². The molecule has 0 radical (unpaired) electrons. The van der Waals surface area contributed by atoms with Crippen molar-refractivity contribution in [3.05, 3.63) is 17.3 Å². The summed E-state index contributed by atoms with van der Waals surface area (Å²) in [6.45, 7) is 14.9. The number of piperidine rings is 1. The minimum absolute atomic E-state index is 0. The van der Waals surface area contributed by atoms with E-state index in [1.54, 1.807) is 0 Å². The number of aromatic nitrogens is 1. The molecule has 2 saturated heterocycles. The summed E-state index contributed by atoms with van der Waals surface area (Å²) < 4.78 is 5.74. The molecule has 1 atom stereocenters. The first-order chi connectivity index (χ1) is 13.5. The summed E-state index contributed by atoms with van der Waals surface area (Å²) in [5.41, 5.74) is 1.01. The van der Waals surface area contributed by atoms with E-state index in [1.807, 2.05) is 20.9 Å². The van der Waals surface area contributed by atoms with Gasteiger partial charge in [0.05, 0.1) is 12.2 Å². The molecule has 1 N–H and O–H groups in total. The van der Waals surface area contributed by atoms with Crippen LogP contribution >= 0.6 is 35.7 Å². The first-order valence-corrected chi connectivity index (χ1v) is 11.7. The van der Waals surface area contributed by atoms with Gasteiger partial charge in [0.25, 0.3) is 0 Å². The Bertz CT molecular complexity index is 638. The van der Waals surface area contributed by atoms with Gasteiger partial charge in [0.2, 0.25) is 5.89 Å². The number of hydrogen-bond acceptors (Lipinski definition) is 5. The lowest BCUT2D eigenvalue weighted by Crippen LogP contribution is -2.50. The highest BCUT2D eigenvalue weighted by Crippen LogP contribution is 2.25. The van der Waals surface area contributed by atoms with E-state index < -0.39 is 0 Å². The molecule has 2 aliphatic heterocycles. The number of aliphatic imine (C=N–C) groups is 1. The number of guanidine groups is 1. The molecule has 3 rings (SSSR count). The number of rotatable bonds is 5. The summed E-state index contributed by atoms with van der Waals surface area (Å²) in [7, 11) is 1.91. The maximum Gasteiger partial charge on any atom is 0.208 e. The zero-order chi connectivity index (χ0) is 20.1. The van der Waals surface area contributed by atoms with Crippen LogP contribution in [0.2, 0.25) is 0 Å². The van der Waals surface area contributed by atoms with E-state index in [9.17, 15) is 0 Å². The van der Waals surface area contributed by atoms with E-state index in [4.69, 9.17) is 4.42 Å². The second-order valence-corrected chi connectivity index (χ2v) is 9.84. The van der Waals surface area contributed by atoms with Crippen LogP contribution in [-0.2, 0) is 6.54 Å². The lowest BCUT2D eigenvalue weighted by Gasteiger charge is -2.37. The van der Waals surface area contributed by atoms with Gasteiger partial charge in [-0.2, -0.15) is 11.8 Å². The van der Waals surface area contributed by atoms with Crippen molar-refractivity contribution >= 4 is 41.7 Å². The van der Waals surface area contributed by atoms with Crippen molar-refractivity contribution in [2.75, 3.05) is 45.5 Å². The molecule has 0 aliphatic carbocycles. The van der Waals surface area contributed by atoms with E-state index in [0.717, 1.165) is 62.6 Å². The van der Waals surface area contributed by atoms with Crippen molar-refractivity contribution in [2.45, 2.75) is 52.3 Å². The summed E-state index contributed by atoms with van der Waals surface area (Å²) in [4.78, 5) is 14.0. The van der Waals surface area contributed by atoms with Crippen LogP contribution in [0, 0.1) is 25.7 Å². The molecule has 1 aromatic rings. The first-order valence-electron chi connectivity index (χ1n) is 10.7. The normalized spacial score (nSPS) is 22.1. The third-order valence-electron chi connectivity index (χ3n) is 6.04. The van der Waals surface area contributed by atoms with Gasteiger partial charge in [-0.25, -0.2) is 4.98 Å². The standard InChI is InChI=1S/C21H37N5OS.HI/c1-15(2)19-13-26(10-11-28-19)21(22-5)23-12-18-6-8-25(9-7-18)14-20-24-16(3)17(4)27-20;/h15,18-19H,6-14H2,1-5H3,(H,22,23);1H. The third-order valence-corrected chi connectivity index (χ3v) is 7.58. The minimum atomic E-state index is 0. The molecule has 166 valence electrons. The van der Waals surface area contributed by atoms with Crippen LogP contribution in [0.15, 0.2) is 9.41 Å². The van der Waals surface area contributed by atoms with Crippen molar-refractivity contribution in [3.8, 4) is 0 Å². The molecule has 8 heteroatoms. The van der Waals surface area contributed by atoms with Gasteiger partial charge in [0, 0.05) is 37.7 Å². The van der Waals surface area contributed by atoms with E-state index in [-0.39, 0.29) is 24.0 Å². The SMILES string of the molecule is CN=C(NCC1CCN(Cc2nc(C)c(C)o2)CC1)N1CCSC(C(C)C)C1.I. The fourth-order valence-electron chi connectivity index (χ4n) is 3.99. The van der Waals surface area contributed by atoms with Crippen LogP contribution in [0.3, 0.4) is 0 Å². The molecular formula is C21H38IN5OS. The van der Waals surface area contributed by atoms with Crippen molar-refractivity contribution < 1.29 is 4.42 Å². The highest BCUT2D eigenvalue weighted by molar-refractivity contribution is 14.0. The largest absolute Gasteiger partial charge is 0.444 e. The zero-order valence-corrected chi connectivity index (χ0v) is 21.8. The Balaban J connectivity index is 0.00000300. The molecule has 0 amide bonds. The zero-order valence-electron chi connectivity index (χ0n) is 18.6. The molecule has 2 fully saturated rings. The van der Waals surface area contributed by atoms with E-state index in [1.165, 1.54) is 18.6 Å². The Hall–Kier alpha value is -0.480. The predicted molar refractivity (Wildman–Crippen MR) is 133 cm³/mol. The molecule has 0 aromatic carbocycles. The van der Waals surface area contributed by atoms with Gasteiger partial charge < -0.3 is 14.6 Å². The Morgan fingerprint density at radius 1 is 1.28 bits per heavy atom. The quantitative estimate of drug-likeness (QED) is 0.352. The molecule has 0 bridgehead atoms. The van der Waals surface area contributed by atoms with Crippen LogP contribution in [-0.4, -0.2) is 71.5 Å². The number of thioether (sulfide) groups is 1. The second kappa shape index (κ2) is 11.8. The van der Waals surface area contributed by atoms with Gasteiger partial charge in [-0.05, 0) is 51.6 Å². The van der Waals surface area contributed by atoms with Crippen LogP contribution in [0.25, 0.3) is 0 Å². The third kappa shape index (κ3) is 7.02. The topological polar surface area (TPSA) is 56.9 Å². The van der Waals surface area contributed by atoms with Gasteiger partial charge in [0.1, 0.15) is 5.76 Å². The number of likely N-dealkylation sites (tertiary alicyclic amines) is 1. The van der Waals surface area contributed by atoms with E-state index in [0.29, 0.717) is 17.1 Å².